The van der Waals surface area contributed by atoms with Crippen molar-refractivity contribution in [2.75, 3.05) is 18.1 Å². The van der Waals surface area contributed by atoms with Gasteiger partial charge in [0.2, 0.25) is 0 Å². The topological polar surface area (TPSA) is 59.1 Å². The number of hydrogen-bond acceptors (Lipinski definition) is 4. The van der Waals surface area contributed by atoms with Crippen molar-refractivity contribution >= 4 is 20.7 Å². The largest absolute Gasteiger partial charge is 0.313 e. The van der Waals surface area contributed by atoms with Gasteiger partial charge >= 0.3 is 0 Å². The normalized spacial score (nSPS) is 21.3. The maximum Gasteiger partial charge on any atom is 0.151 e. The SMILES string of the molecule is O=S1(=O)CCC(NCCc2cccc3cccnc23)C1. The Morgan fingerprint density at radius 3 is 2.90 bits per heavy atom. The van der Waals surface area contributed by atoms with E-state index in [4.69, 9.17) is 0 Å². The van der Waals surface area contributed by atoms with Crippen molar-refractivity contribution in [1.29, 1.82) is 0 Å². The molecule has 3 rings (SSSR count). The molecular weight excluding hydrogens is 272 g/mol. The number of nitrogens with zero attached hydrogens (tertiary/aromatic N) is 1. The second-order valence-corrected chi connectivity index (χ2v) is 7.53. The van der Waals surface area contributed by atoms with Crippen LogP contribution in [0.4, 0.5) is 0 Å². The van der Waals surface area contributed by atoms with Crippen LogP contribution in [-0.4, -0.2) is 37.5 Å². The molecule has 0 radical (unpaired) electrons. The number of rotatable bonds is 4. The Kier molecular flexibility index (Phi) is 3.72. The van der Waals surface area contributed by atoms with E-state index in [0.29, 0.717) is 5.75 Å². The summed E-state index contributed by atoms with van der Waals surface area (Å²) in [4.78, 5) is 4.43. The van der Waals surface area contributed by atoms with E-state index in [2.05, 4.69) is 28.5 Å². The third kappa shape index (κ3) is 2.99. The fraction of sp³-hybridized carbons (Fsp3) is 0.400. The predicted octanol–water partition coefficient (Wildman–Crippen LogP) is 1.55. The molecule has 1 aromatic carbocycles. The van der Waals surface area contributed by atoms with Gasteiger partial charge in [0.15, 0.2) is 9.84 Å². The number of nitrogens with one attached hydrogen (secondary N) is 1. The van der Waals surface area contributed by atoms with Gasteiger partial charge in [-0.05, 0) is 31.0 Å². The van der Waals surface area contributed by atoms with Crippen LogP contribution >= 0.6 is 0 Å². The van der Waals surface area contributed by atoms with E-state index in [0.717, 1.165) is 30.3 Å². The molecule has 1 fully saturated rings. The predicted molar refractivity (Wildman–Crippen MR) is 80.5 cm³/mol. The van der Waals surface area contributed by atoms with Crippen LogP contribution in [0.15, 0.2) is 36.5 Å². The summed E-state index contributed by atoms with van der Waals surface area (Å²) < 4.78 is 22.8. The lowest BCUT2D eigenvalue weighted by atomic mass is 10.1. The molecule has 106 valence electrons. The molecule has 1 unspecified atom stereocenters. The van der Waals surface area contributed by atoms with Gasteiger partial charge in [-0.15, -0.1) is 0 Å². The highest BCUT2D eigenvalue weighted by Crippen LogP contribution is 2.16. The number of fused-ring (bicyclic) bond motifs is 1. The summed E-state index contributed by atoms with van der Waals surface area (Å²) in [6.45, 7) is 0.788. The highest BCUT2D eigenvalue weighted by molar-refractivity contribution is 7.91. The number of hydrogen-bond donors (Lipinski definition) is 1. The molecule has 1 aliphatic heterocycles. The molecule has 1 saturated heterocycles. The molecule has 0 aliphatic carbocycles. The molecule has 20 heavy (non-hydrogen) atoms. The van der Waals surface area contributed by atoms with Gasteiger partial charge in [-0.1, -0.05) is 24.3 Å². The summed E-state index contributed by atoms with van der Waals surface area (Å²) in [5.41, 5.74) is 2.24. The lowest BCUT2D eigenvalue weighted by Crippen LogP contribution is -2.31. The summed E-state index contributed by atoms with van der Waals surface area (Å²) in [5, 5.41) is 4.49. The van der Waals surface area contributed by atoms with Crippen molar-refractivity contribution < 1.29 is 8.42 Å². The molecular formula is C15H18N2O2S. The Labute approximate surface area is 119 Å². The van der Waals surface area contributed by atoms with E-state index in [9.17, 15) is 8.42 Å². The molecule has 2 heterocycles. The Morgan fingerprint density at radius 2 is 2.10 bits per heavy atom. The smallest absolute Gasteiger partial charge is 0.151 e. The first kappa shape index (κ1) is 13.5. The van der Waals surface area contributed by atoms with Gasteiger partial charge in [0.05, 0.1) is 17.0 Å². The Hall–Kier alpha value is -1.46. The van der Waals surface area contributed by atoms with E-state index in [1.165, 1.54) is 5.56 Å². The van der Waals surface area contributed by atoms with E-state index in [1.54, 1.807) is 0 Å². The van der Waals surface area contributed by atoms with Crippen molar-refractivity contribution in [3.05, 3.63) is 42.1 Å². The number of pyridine rings is 1. The summed E-state index contributed by atoms with van der Waals surface area (Å²) >= 11 is 0. The summed E-state index contributed by atoms with van der Waals surface area (Å²) in [7, 11) is -2.80. The summed E-state index contributed by atoms with van der Waals surface area (Å²) in [6, 6.07) is 10.3. The fourth-order valence-electron chi connectivity index (χ4n) is 2.74. The van der Waals surface area contributed by atoms with E-state index in [-0.39, 0.29) is 11.8 Å². The van der Waals surface area contributed by atoms with E-state index in [1.807, 2.05) is 18.3 Å². The molecule has 5 heteroatoms. The average molecular weight is 290 g/mol. The van der Waals surface area contributed by atoms with E-state index >= 15 is 0 Å². The van der Waals surface area contributed by atoms with Gasteiger partial charge in [-0.3, -0.25) is 4.98 Å². The molecule has 0 amide bonds. The van der Waals surface area contributed by atoms with Gasteiger partial charge in [0.1, 0.15) is 0 Å². The van der Waals surface area contributed by atoms with Crippen LogP contribution in [0.25, 0.3) is 10.9 Å². The average Bonchev–Trinajstić information content (AvgIpc) is 2.79. The Bertz CT molecular complexity index is 707. The van der Waals surface area contributed by atoms with Crippen molar-refractivity contribution in [2.24, 2.45) is 0 Å². The number of para-hydroxylation sites is 1. The molecule has 2 aromatic rings. The number of aromatic nitrogens is 1. The molecule has 0 spiro atoms. The molecule has 0 bridgehead atoms. The molecule has 1 aromatic heterocycles. The van der Waals surface area contributed by atoms with E-state index < -0.39 is 9.84 Å². The second-order valence-electron chi connectivity index (χ2n) is 5.30. The Balaban J connectivity index is 1.63. The zero-order valence-electron chi connectivity index (χ0n) is 11.2. The third-order valence-electron chi connectivity index (χ3n) is 3.78. The lowest BCUT2D eigenvalue weighted by Gasteiger charge is -2.11. The fourth-order valence-corrected chi connectivity index (χ4v) is 4.44. The minimum absolute atomic E-state index is 0.114. The van der Waals surface area contributed by atoms with Crippen LogP contribution in [0.5, 0.6) is 0 Å². The molecule has 1 N–H and O–H groups in total. The summed E-state index contributed by atoms with van der Waals surface area (Å²) in [6.07, 6.45) is 3.41. The first-order valence-corrected chi connectivity index (χ1v) is 8.73. The first-order valence-electron chi connectivity index (χ1n) is 6.90. The molecule has 1 atom stereocenters. The molecule has 0 saturated carbocycles. The third-order valence-corrected chi connectivity index (χ3v) is 5.54. The molecule has 1 aliphatic rings. The standard InChI is InChI=1S/C15H18N2O2S/c18-20(19)10-7-14(11-20)16-9-6-13-4-1-3-12-5-2-8-17-15(12)13/h1-5,8,14,16H,6-7,9-11H2. The summed E-state index contributed by atoms with van der Waals surface area (Å²) in [5.74, 6) is 0.598. The number of benzene rings is 1. The van der Waals surface area contributed by atoms with Gasteiger partial charge in [0, 0.05) is 17.6 Å². The first-order chi connectivity index (χ1) is 9.64. The van der Waals surface area contributed by atoms with Crippen molar-refractivity contribution in [3.63, 3.8) is 0 Å². The number of sulfone groups is 1. The van der Waals surface area contributed by atoms with Gasteiger partial charge in [0.25, 0.3) is 0 Å². The monoisotopic (exact) mass is 290 g/mol. The maximum absolute atomic E-state index is 11.4. The van der Waals surface area contributed by atoms with Gasteiger partial charge in [-0.25, -0.2) is 8.42 Å². The maximum atomic E-state index is 11.4. The van der Waals surface area contributed by atoms with Crippen LogP contribution < -0.4 is 5.32 Å². The van der Waals surface area contributed by atoms with Crippen LogP contribution in [-0.2, 0) is 16.3 Å². The molecule has 4 nitrogen and oxygen atoms in total. The van der Waals surface area contributed by atoms with Crippen LogP contribution in [0.3, 0.4) is 0 Å². The minimum atomic E-state index is -2.80. The van der Waals surface area contributed by atoms with Crippen molar-refractivity contribution in [2.45, 2.75) is 18.9 Å². The van der Waals surface area contributed by atoms with Gasteiger partial charge in [-0.2, -0.15) is 0 Å². The lowest BCUT2D eigenvalue weighted by molar-refractivity contribution is 0.557. The van der Waals surface area contributed by atoms with Crippen molar-refractivity contribution in [1.82, 2.24) is 10.3 Å². The zero-order chi connectivity index (χ0) is 14.0. The minimum Gasteiger partial charge on any atom is -0.313 e. The van der Waals surface area contributed by atoms with Gasteiger partial charge < -0.3 is 5.32 Å². The zero-order valence-corrected chi connectivity index (χ0v) is 12.1. The Morgan fingerprint density at radius 1 is 1.25 bits per heavy atom. The highest BCUT2D eigenvalue weighted by atomic mass is 32.2. The van der Waals surface area contributed by atoms with Crippen molar-refractivity contribution in [3.8, 4) is 0 Å². The van der Waals surface area contributed by atoms with Crippen LogP contribution in [0.2, 0.25) is 0 Å². The highest BCUT2D eigenvalue weighted by Gasteiger charge is 2.27. The second kappa shape index (κ2) is 5.50. The van der Waals surface area contributed by atoms with Crippen LogP contribution in [0.1, 0.15) is 12.0 Å². The quantitative estimate of drug-likeness (QED) is 0.928. The van der Waals surface area contributed by atoms with Crippen LogP contribution in [0, 0.1) is 0 Å².